The molecule has 1 saturated heterocycles. The molecule has 0 bridgehead atoms. The molecule has 49 heavy (non-hydrogen) atoms. The maximum Gasteiger partial charge on any atom is 0.408 e. The third kappa shape index (κ3) is 18.1. The first kappa shape index (κ1) is 40.1. The van der Waals surface area contributed by atoms with Crippen molar-refractivity contribution in [3.8, 4) is 0 Å². The molecule has 272 valence electrons. The van der Waals surface area contributed by atoms with Crippen molar-refractivity contribution in [1.82, 2.24) is 26.6 Å². The van der Waals surface area contributed by atoms with Gasteiger partial charge in [-0.05, 0) is 69.8 Å². The molecule has 13 N–H and O–H groups in total. The van der Waals surface area contributed by atoms with Crippen LogP contribution >= 0.6 is 0 Å². The molecular formula is C32H53N11O6. The number of aliphatic imine (C=N–C) groups is 2. The lowest BCUT2D eigenvalue weighted by molar-refractivity contribution is -0.137. The van der Waals surface area contributed by atoms with Crippen molar-refractivity contribution in [2.45, 2.75) is 95.4 Å². The number of benzene rings is 1. The van der Waals surface area contributed by atoms with Crippen LogP contribution in [0.15, 0.2) is 40.3 Å². The van der Waals surface area contributed by atoms with Crippen molar-refractivity contribution < 1.29 is 28.7 Å². The fourth-order valence-electron chi connectivity index (χ4n) is 4.97. The monoisotopic (exact) mass is 687 g/mol. The van der Waals surface area contributed by atoms with Gasteiger partial charge in [-0.25, -0.2) is 4.79 Å². The molecular weight excluding hydrogens is 634 g/mol. The van der Waals surface area contributed by atoms with Gasteiger partial charge in [0.1, 0.15) is 24.7 Å². The molecule has 0 aliphatic carbocycles. The lowest BCUT2D eigenvalue weighted by Crippen LogP contribution is -2.61. The predicted octanol–water partition coefficient (Wildman–Crippen LogP) is -0.665. The van der Waals surface area contributed by atoms with Gasteiger partial charge in [0.2, 0.25) is 23.6 Å². The number of nitrogens with one attached hydrogen (secondary N) is 5. The Labute approximate surface area is 287 Å². The summed E-state index contributed by atoms with van der Waals surface area (Å²) in [6.07, 6.45) is 5.13. The van der Waals surface area contributed by atoms with Crippen LogP contribution in [0.4, 0.5) is 4.79 Å². The Morgan fingerprint density at radius 3 is 1.92 bits per heavy atom. The van der Waals surface area contributed by atoms with E-state index in [2.05, 4.69) is 36.6 Å². The fourth-order valence-corrected chi connectivity index (χ4v) is 4.97. The fraction of sp³-hybridized carbons (Fsp3) is 0.594. The van der Waals surface area contributed by atoms with E-state index in [-0.39, 0.29) is 48.6 Å². The second-order valence-electron chi connectivity index (χ2n) is 11.7. The molecule has 1 aliphatic heterocycles. The van der Waals surface area contributed by atoms with E-state index in [4.69, 9.17) is 27.7 Å². The number of alkyl carbamates (subject to hydrolysis) is 1. The van der Waals surface area contributed by atoms with Crippen LogP contribution in [0.25, 0.3) is 0 Å². The van der Waals surface area contributed by atoms with Gasteiger partial charge in [0.05, 0.1) is 0 Å². The summed E-state index contributed by atoms with van der Waals surface area (Å²) in [5, 5.41) is 13.9. The van der Waals surface area contributed by atoms with Crippen molar-refractivity contribution in [3.63, 3.8) is 0 Å². The molecule has 3 atom stereocenters. The van der Waals surface area contributed by atoms with E-state index in [0.717, 1.165) is 12.0 Å². The Balaban J connectivity index is 1.64. The first-order valence-corrected chi connectivity index (χ1v) is 16.8. The van der Waals surface area contributed by atoms with Crippen molar-refractivity contribution in [2.24, 2.45) is 32.9 Å². The Morgan fingerprint density at radius 1 is 0.755 bits per heavy atom. The van der Waals surface area contributed by atoms with Gasteiger partial charge in [-0.2, -0.15) is 0 Å². The Kier molecular flexibility index (Phi) is 19.0. The molecule has 17 heteroatoms. The van der Waals surface area contributed by atoms with E-state index in [1.165, 1.54) is 0 Å². The molecule has 1 aliphatic rings. The van der Waals surface area contributed by atoms with Gasteiger partial charge >= 0.3 is 6.09 Å². The van der Waals surface area contributed by atoms with E-state index < -0.39 is 24.2 Å². The number of nitrogens with two attached hydrogens (primary N) is 4. The summed E-state index contributed by atoms with van der Waals surface area (Å²) in [6, 6.07) is 7.03. The van der Waals surface area contributed by atoms with Crippen LogP contribution in [0.1, 0.15) is 76.2 Å². The minimum Gasteiger partial charge on any atom is -0.445 e. The third-order valence-corrected chi connectivity index (χ3v) is 7.60. The largest absolute Gasteiger partial charge is 0.445 e. The highest BCUT2D eigenvalue weighted by molar-refractivity contribution is 5.96. The van der Waals surface area contributed by atoms with Gasteiger partial charge in [0, 0.05) is 32.6 Å². The zero-order valence-electron chi connectivity index (χ0n) is 28.1. The molecule has 0 spiro atoms. The number of hydrogen-bond acceptors (Lipinski definition) is 8. The second-order valence-corrected chi connectivity index (χ2v) is 11.7. The number of carbonyl (C=O) groups excluding carboxylic acids is 5. The zero-order chi connectivity index (χ0) is 35.9. The highest BCUT2D eigenvalue weighted by Gasteiger charge is 2.32. The third-order valence-electron chi connectivity index (χ3n) is 7.60. The molecule has 5 amide bonds. The van der Waals surface area contributed by atoms with Crippen LogP contribution in [0, 0.1) is 0 Å². The summed E-state index contributed by atoms with van der Waals surface area (Å²) >= 11 is 0. The number of guanidine groups is 2. The summed E-state index contributed by atoms with van der Waals surface area (Å²) in [5.74, 6) is -0.940. The quantitative estimate of drug-likeness (QED) is 0.0397. The number of hydrogen-bond donors (Lipinski definition) is 9. The normalized spacial score (nSPS) is 15.9. The second kappa shape index (κ2) is 23.3. The average molecular weight is 688 g/mol. The predicted molar refractivity (Wildman–Crippen MR) is 186 cm³/mol. The minimum atomic E-state index is -0.859. The molecule has 0 radical (unpaired) electrons. The van der Waals surface area contributed by atoms with Crippen LogP contribution in [-0.2, 0) is 30.5 Å². The summed E-state index contributed by atoms with van der Waals surface area (Å²) < 4.78 is 5.26. The van der Waals surface area contributed by atoms with Crippen molar-refractivity contribution in [1.29, 1.82) is 0 Å². The van der Waals surface area contributed by atoms with E-state index in [0.29, 0.717) is 84.0 Å². The van der Waals surface area contributed by atoms with Crippen LogP contribution in [0.2, 0.25) is 0 Å². The van der Waals surface area contributed by atoms with Crippen molar-refractivity contribution in [3.05, 3.63) is 35.9 Å². The van der Waals surface area contributed by atoms with Gasteiger partial charge in [0.25, 0.3) is 0 Å². The van der Waals surface area contributed by atoms with Gasteiger partial charge in [-0.3, -0.25) is 29.2 Å². The van der Waals surface area contributed by atoms with Gasteiger partial charge in [-0.1, -0.05) is 30.3 Å². The number of ether oxygens (including phenoxy) is 1. The minimum absolute atomic E-state index is 0.0379. The maximum atomic E-state index is 12.9. The first-order chi connectivity index (χ1) is 23.5. The van der Waals surface area contributed by atoms with E-state index >= 15 is 0 Å². The molecule has 17 nitrogen and oxygen atoms in total. The topological polar surface area (TPSA) is 284 Å². The van der Waals surface area contributed by atoms with E-state index in [9.17, 15) is 24.0 Å². The molecule has 1 fully saturated rings. The molecule has 0 aromatic heterocycles. The number of amides is 5. The van der Waals surface area contributed by atoms with Crippen molar-refractivity contribution in [2.75, 3.05) is 26.2 Å². The Morgan fingerprint density at radius 2 is 1.33 bits per heavy atom. The van der Waals surface area contributed by atoms with E-state index in [1.54, 1.807) is 0 Å². The van der Waals surface area contributed by atoms with Crippen molar-refractivity contribution >= 4 is 41.6 Å². The van der Waals surface area contributed by atoms with Gasteiger partial charge in [-0.15, -0.1) is 0 Å². The highest BCUT2D eigenvalue weighted by Crippen LogP contribution is 2.10. The summed E-state index contributed by atoms with van der Waals surface area (Å²) in [7, 11) is 0. The molecule has 1 heterocycles. The van der Waals surface area contributed by atoms with Crippen LogP contribution in [0.5, 0.6) is 0 Å². The number of nitrogens with zero attached hydrogens (tertiary/aromatic N) is 2. The summed E-state index contributed by atoms with van der Waals surface area (Å²) in [4.78, 5) is 70.3. The lowest BCUT2D eigenvalue weighted by atomic mass is 10.0. The molecule has 2 rings (SSSR count). The van der Waals surface area contributed by atoms with Gasteiger partial charge < -0.3 is 54.3 Å². The van der Waals surface area contributed by atoms with Crippen LogP contribution < -0.4 is 49.5 Å². The molecule has 0 unspecified atom stereocenters. The van der Waals surface area contributed by atoms with E-state index in [1.807, 2.05) is 30.3 Å². The van der Waals surface area contributed by atoms with Gasteiger partial charge in [0.15, 0.2) is 11.9 Å². The summed E-state index contributed by atoms with van der Waals surface area (Å²) in [5.41, 5.74) is 22.1. The Bertz CT molecular complexity index is 1250. The van der Waals surface area contributed by atoms with Crippen LogP contribution in [-0.4, -0.2) is 85.9 Å². The SMILES string of the molecule is NC(N)=NCCCCC(=O)NCCCC[C@@H]1NC(=O)[C@H](CCCCNC(=O)[C@H](CCCN=C(N)N)NC(=O)OCc2ccccc2)NC1=O. The lowest BCUT2D eigenvalue weighted by Gasteiger charge is -2.29. The standard InChI is InChI=1S/C32H53N11O6/c33-30(34)39-19-9-6-16-26(44)37-17-7-4-13-24-28(46)42-25(29(47)41-24)14-5-8-18-38-27(45)23(15-10-20-40-31(35)36)43-32(48)49-21-22-11-2-1-3-12-22/h1-3,11-12,23-25H,4-10,13-21H2,(H,37,44)(H,38,45)(H,41,47)(H,42,46)(H,43,48)(H4,33,34,39)(H4,35,36,40)/t23-,24-,25-/m0/s1. The highest BCUT2D eigenvalue weighted by atomic mass is 16.5. The number of carbonyl (C=O) groups is 5. The Hall–Kier alpha value is -5.09. The zero-order valence-corrected chi connectivity index (χ0v) is 28.1. The average Bonchev–Trinajstić information content (AvgIpc) is 3.06. The number of rotatable bonds is 23. The number of piperazine rings is 1. The molecule has 1 aromatic rings. The number of unbranched alkanes of at least 4 members (excludes halogenated alkanes) is 3. The maximum absolute atomic E-state index is 12.9. The molecule has 0 saturated carbocycles. The summed E-state index contributed by atoms with van der Waals surface area (Å²) in [6.45, 7) is 1.64. The van der Waals surface area contributed by atoms with Crippen LogP contribution in [0.3, 0.4) is 0 Å². The smallest absolute Gasteiger partial charge is 0.408 e. The molecule has 1 aromatic carbocycles. The first-order valence-electron chi connectivity index (χ1n) is 16.8.